The highest BCUT2D eigenvalue weighted by atomic mass is 16.2. The third-order valence-corrected chi connectivity index (χ3v) is 5.27. The number of hydrogen-bond acceptors (Lipinski definition) is 4. The summed E-state index contributed by atoms with van der Waals surface area (Å²) in [5.74, 6) is -0.317. The van der Waals surface area contributed by atoms with Crippen molar-refractivity contribution in [3.63, 3.8) is 0 Å². The molecule has 3 aromatic rings. The Morgan fingerprint density at radius 1 is 1.10 bits per heavy atom. The number of hydrogen-bond donors (Lipinski definition) is 2. The van der Waals surface area contributed by atoms with Gasteiger partial charge in [0.2, 0.25) is 0 Å². The van der Waals surface area contributed by atoms with E-state index in [4.69, 9.17) is 0 Å². The summed E-state index contributed by atoms with van der Waals surface area (Å²) in [6.07, 6.45) is 0.360. The summed E-state index contributed by atoms with van der Waals surface area (Å²) >= 11 is 0. The maximum Gasteiger partial charge on any atom is 0.344 e. The second-order valence-corrected chi connectivity index (χ2v) is 6.96. The zero-order valence-electron chi connectivity index (χ0n) is 16.2. The van der Waals surface area contributed by atoms with Gasteiger partial charge in [0.25, 0.3) is 11.8 Å². The topological polar surface area (TPSA) is 96.3 Å². The number of nitrogens with zero attached hydrogens (tertiary/aromatic N) is 3. The number of urea groups is 1. The zero-order valence-corrected chi connectivity index (χ0v) is 16.2. The van der Waals surface area contributed by atoms with Gasteiger partial charge >= 0.3 is 6.03 Å². The lowest BCUT2D eigenvalue weighted by Crippen LogP contribution is -2.49. The molecule has 2 heterocycles. The number of amides is 4. The SMILES string of the molecule is CC[C@@]1(c2ccccc2)NC(=O)N(NC(=O)Cn2c(C)nc3ccccc32)C1=O. The second kappa shape index (κ2) is 7.05. The van der Waals surface area contributed by atoms with E-state index in [1.165, 1.54) is 0 Å². The van der Waals surface area contributed by atoms with Gasteiger partial charge in [0.1, 0.15) is 17.9 Å². The number of imidazole rings is 1. The van der Waals surface area contributed by atoms with Crippen LogP contribution in [0.2, 0.25) is 0 Å². The smallest absolute Gasteiger partial charge is 0.319 e. The Kier molecular flexibility index (Phi) is 4.54. The van der Waals surface area contributed by atoms with Gasteiger partial charge in [-0.2, -0.15) is 5.01 Å². The molecule has 1 aromatic heterocycles. The van der Waals surface area contributed by atoms with E-state index in [0.717, 1.165) is 16.0 Å². The Morgan fingerprint density at radius 3 is 2.52 bits per heavy atom. The average molecular weight is 391 g/mol. The van der Waals surface area contributed by atoms with Gasteiger partial charge < -0.3 is 9.88 Å². The highest BCUT2D eigenvalue weighted by Crippen LogP contribution is 2.31. The Balaban J connectivity index is 1.56. The molecule has 0 saturated carbocycles. The maximum atomic E-state index is 13.1. The number of aryl methyl sites for hydroxylation is 1. The largest absolute Gasteiger partial charge is 0.344 e. The van der Waals surface area contributed by atoms with Gasteiger partial charge in [-0.3, -0.25) is 15.0 Å². The molecule has 0 bridgehead atoms. The van der Waals surface area contributed by atoms with E-state index in [0.29, 0.717) is 17.8 Å². The molecule has 4 amide bonds. The summed E-state index contributed by atoms with van der Waals surface area (Å²) in [6.45, 7) is 3.56. The van der Waals surface area contributed by atoms with Crippen molar-refractivity contribution < 1.29 is 14.4 Å². The second-order valence-electron chi connectivity index (χ2n) is 6.96. The third kappa shape index (κ3) is 3.02. The van der Waals surface area contributed by atoms with Crippen LogP contribution in [-0.4, -0.2) is 32.4 Å². The average Bonchev–Trinajstić information content (AvgIpc) is 3.17. The predicted molar refractivity (Wildman–Crippen MR) is 106 cm³/mol. The number of para-hydroxylation sites is 2. The van der Waals surface area contributed by atoms with Crippen molar-refractivity contribution >= 4 is 28.9 Å². The summed E-state index contributed by atoms with van der Waals surface area (Å²) in [5, 5.41) is 3.51. The van der Waals surface area contributed by atoms with Crippen molar-refractivity contribution in [1.29, 1.82) is 0 Å². The molecule has 0 spiro atoms. The number of carbonyl (C=O) groups excluding carboxylic acids is 3. The van der Waals surface area contributed by atoms with Crippen LogP contribution in [0.25, 0.3) is 11.0 Å². The Hall–Kier alpha value is -3.68. The van der Waals surface area contributed by atoms with Crippen molar-refractivity contribution in [2.24, 2.45) is 0 Å². The van der Waals surface area contributed by atoms with E-state index in [1.807, 2.05) is 37.3 Å². The van der Waals surface area contributed by atoms with Crippen LogP contribution < -0.4 is 10.7 Å². The van der Waals surface area contributed by atoms with Crippen LogP contribution in [0, 0.1) is 6.92 Å². The molecule has 0 aliphatic carbocycles. The van der Waals surface area contributed by atoms with Crippen molar-refractivity contribution in [2.45, 2.75) is 32.4 Å². The molecule has 1 saturated heterocycles. The maximum absolute atomic E-state index is 13.1. The minimum absolute atomic E-state index is 0.0616. The summed E-state index contributed by atoms with van der Waals surface area (Å²) < 4.78 is 1.74. The van der Waals surface area contributed by atoms with Gasteiger partial charge in [-0.25, -0.2) is 9.78 Å². The lowest BCUT2D eigenvalue weighted by atomic mass is 9.87. The fourth-order valence-electron chi connectivity index (χ4n) is 3.74. The first-order valence-corrected chi connectivity index (χ1v) is 9.40. The molecule has 1 aliphatic rings. The van der Waals surface area contributed by atoms with E-state index < -0.39 is 23.4 Å². The zero-order chi connectivity index (χ0) is 20.6. The molecule has 4 rings (SSSR count). The number of hydrazine groups is 1. The van der Waals surface area contributed by atoms with Crippen molar-refractivity contribution in [2.75, 3.05) is 0 Å². The van der Waals surface area contributed by atoms with Crippen LogP contribution in [0.1, 0.15) is 24.7 Å². The van der Waals surface area contributed by atoms with Gasteiger partial charge in [-0.05, 0) is 31.0 Å². The number of fused-ring (bicyclic) bond motifs is 1. The Morgan fingerprint density at radius 2 is 1.79 bits per heavy atom. The summed E-state index contributed by atoms with van der Waals surface area (Å²) in [6, 6.07) is 15.8. The van der Waals surface area contributed by atoms with Crippen LogP contribution in [0.3, 0.4) is 0 Å². The van der Waals surface area contributed by atoms with Crippen molar-refractivity contribution in [1.82, 2.24) is 25.3 Å². The molecule has 8 heteroatoms. The van der Waals surface area contributed by atoms with Gasteiger partial charge in [0.05, 0.1) is 11.0 Å². The highest BCUT2D eigenvalue weighted by molar-refractivity contribution is 6.08. The number of carbonyl (C=O) groups is 3. The fourth-order valence-corrected chi connectivity index (χ4v) is 3.74. The minimum Gasteiger partial charge on any atom is -0.319 e. The van der Waals surface area contributed by atoms with Crippen LogP contribution in [-0.2, 0) is 21.7 Å². The number of imide groups is 1. The first-order valence-electron chi connectivity index (χ1n) is 9.40. The first-order chi connectivity index (χ1) is 14.0. The minimum atomic E-state index is -1.19. The molecule has 8 nitrogen and oxygen atoms in total. The lowest BCUT2D eigenvalue weighted by Gasteiger charge is -2.25. The normalized spacial score (nSPS) is 18.9. The molecule has 1 atom stereocenters. The van der Waals surface area contributed by atoms with E-state index in [1.54, 1.807) is 35.8 Å². The van der Waals surface area contributed by atoms with Crippen molar-refractivity contribution in [3.05, 3.63) is 66.0 Å². The molecular weight excluding hydrogens is 370 g/mol. The molecule has 0 unspecified atom stereocenters. The molecular formula is C21H21N5O3. The Bertz CT molecular complexity index is 1110. The molecule has 2 aromatic carbocycles. The summed E-state index contributed by atoms with van der Waals surface area (Å²) in [5.41, 5.74) is 3.52. The van der Waals surface area contributed by atoms with E-state index >= 15 is 0 Å². The van der Waals surface area contributed by atoms with Crippen LogP contribution in [0.15, 0.2) is 54.6 Å². The number of aromatic nitrogens is 2. The van der Waals surface area contributed by atoms with Gasteiger partial charge in [-0.15, -0.1) is 0 Å². The van der Waals surface area contributed by atoms with Gasteiger partial charge in [0.15, 0.2) is 0 Å². The van der Waals surface area contributed by atoms with Gasteiger partial charge in [0, 0.05) is 0 Å². The molecule has 148 valence electrons. The molecule has 29 heavy (non-hydrogen) atoms. The summed E-state index contributed by atoms with van der Waals surface area (Å²) in [4.78, 5) is 42.7. The first kappa shape index (κ1) is 18.7. The number of nitrogens with one attached hydrogen (secondary N) is 2. The van der Waals surface area contributed by atoms with Crippen LogP contribution in [0.5, 0.6) is 0 Å². The molecule has 2 N–H and O–H groups in total. The van der Waals surface area contributed by atoms with Gasteiger partial charge in [-0.1, -0.05) is 49.4 Å². The highest BCUT2D eigenvalue weighted by Gasteiger charge is 2.52. The standard InChI is InChI=1S/C21H21N5O3/c1-3-21(15-9-5-4-6-10-15)19(28)26(20(29)23-21)24-18(27)13-25-14(2)22-16-11-7-8-12-17(16)25/h4-12H,3,13H2,1-2H3,(H,23,29)(H,24,27)/t21-/m0/s1. The van der Waals surface area contributed by atoms with Crippen molar-refractivity contribution in [3.8, 4) is 0 Å². The van der Waals surface area contributed by atoms with E-state index in [-0.39, 0.29) is 6.54 Å². The Labute approximate surface area is 167 Å². The molecule has 1 fully saturated rings. The number of rotatable bonds is 5. The van der Waals surface area contributed by atoms with Crippen LogP contribution >= 0.6 is 0 Å². The molecule has 1 aliphatic heterocycles. The van der Waals surface area contributed by atoms with E-state index in [9.17, 15) is 14.4 Å². The quantitative estimate of drug-likeness (QED) is 0.652. The monoisotopic (exact) mass is 391 g/mol. The molecule has 0 radical (unpaired) electrons. The number of benzene rings is 2. The summed E-state index contributed by atoms with van der Waals surface area (Å²) in [7, 11) is 0. The lowest BCUT2D eigenvalue weighted by molar-refractivity contribution is -0.139. The predicted octanol–water partition coefficient (Wildman–Crippen LogP) is 2.23. The third-order valence-electron chi connectivity index (χ3n) is 5.27. The fraction of sp³-hybridized carbons (Fsp3) is 0.238. The van der Waals surface area contributed by atoms with E-state index in [2.05, 4.69) is 15.7 Å². The van der Waals surface area contributed by atoms with Crippen LogP contribution in [0.4, 0.5) is 4.79 Å².